The van der Waals surface area contributed by atoms with E-state index in [2.05, 4.69) is 38.4 Å². The minimum Gasteiger partial charge on any atom is -0.489 e. The van der Waals surface area contributed by atoms with Crippen molar-refractivity contribution in [1.29, 1.82) is 5.26 Å². The number of ether oxygens (including phenoxy) is 3. The zero-order chi connectivity index (χ0) is 23.9. The van der Waals surface area contributed by atoms with E-state index in [1.54, 1.807) is 6.20 Å². The van der Waals surface area contributed by atoms with Crippen LogP contribution in [0, 0.1) is 11.3 Å². The van der Waals surface area contributed by atoms with Gasteiger partial charge in [0.1, 0.15) is 17.9 Å². The van der Waals surface area contributed by atoms with Crippen molar-refractivity contribution >= 4 is 11.6 Å². The number of benzene rings is 2. The van der Waals surface area contributed by atoms with Crippen LogP contribution < -0.4 is 10.1 Å². The van der Waals surface area contributed by atoms with Crippen molar-refractivity contribution in [3.8, 4) is 23.1 Å². The predicted octanol–water partition coefficient (Wildman–Crippen LogP) is 4.15. The summed E-state index contributed by atoms with van der Waals surface area (Å²) in [4.78, 5) is 11.5. The van der Waals surface area contributed by atoms with Crippen LogP contribution in [0.3, 0.4) is 0 Å². The first kappa shape index (κ1) is 23.2. The first-order valence-electron chi connectivity index (χ1n) is 12.0. The van der Waals surface area contributed by atoms with E-state index in [1.165, 1.54) is 5.56 Å². The molecule has 35 heavy (non-hydrogen) atoms. The molecule has 0 amide bonds. The number of nitriles is 1. The van der Waals surface area contributed by atoms with Gasteiger partial charge in [0.25, 0.3) is 0 Å². The minimum atomic E-state index is 0.0792. The second-order valence-corrected chi connectivity index (χ2v) is 8.73. The van der Waals surface area contributed by atoms with Crippen LogP contribution in [0.1, 0.15) is 24.0 Å². The third-order valence-corrected chi connectivity index (χ3v) is 6.21. The van der Waals surface area contributed by atoms with E-state index in [1.807, 2.05) is 36.4 Å². The Morgan fingerprint density at radius 1 is 1.03 bits per heavy atom. The molecule has 1 aromatic heterocycles. The average Bonchev–Trinajstić information content (AvgIpc) is 2.90. The molecule has 8 heteroatoms. The third-order valence-electron chi connectivity index (χ3n) is 6.21. The Balaban J connectivity index is 1.29. The summed E-state index contributed by atoms with van der Waals surface area (Å²) < 4.78 is 16.9. The second-order valence-electron chi connectivity index (χ2n) is 8.73. The maximum absolute atomic E-state index is 9.70. The first-order chi connectivity index (χ1) is 17.3. The fourth-order valence-corrected chi connectivity index (χ4v) is 4.33. The standard InChI is InChI=1S/C27H29N5O3/c28-18-22-17-21(4-5-26(22)35-24-7-12-33-13-8-24)25-6-9-29-27(31-25)30-23-3-1-2-20(16-23)19-32-10-14-34-15-11-32/h1-6,9,16-17,24H,7-8,10-15,19H2,(H,29,30,31). The molecule has 1 N–H and O–H groups in total. The number of rotatable bonds is 7. The molecule has 0 bridgehead atoms. The predicted molar refractivity (Wildman–Crippen MR) is 132 cm³/mol. The highest BCUT2D eigenvalue weighted by Gasteiger charge is 2.18. The van der Waals surface area contributed by atoms with E-state index in [-0.39, 0.29) is 6.10 Å². The van der Waals surface area contributed by atoms with E-state index in [0.29, 0.717) is 30.5 Å². The van der Waals surface area contributed by atoms with Crippen molar-refractivity contribution in [1.82, 2.24) is 14.9 Å². The number of hydrogen-bond donors (Lipinski definition) is 1. The Morgan fingerprint density at radius 2 is 1.86 bits per heavy atom. The van der Waals surface area contributed by atoms with Crippen molar-refractivity contribution < 1.29 is 14.2 Å². The van der Waals surface area contributed by atoms with Crippen molar-refractivity contribution in [2.45, 2.75) is 25.5 Å². The van der Waals surface area contributed by atoms with Crippen molar-refractivity contribution in [3.05, 3.63) is 65.9 Å². The van der Waals surface area contributed by atoms with Gasteiger partial charge in [-0.25, -0.2) is 9.97 Å². The number of nitrogens with zero attached hydrogens (tertiary/aromatic N) is 4. The summed E-state index contributed by atoms with van der Waals surface area (Å²) >= 11 is 0. The van der Waals surface area contributed by atoms with Crippen molar-refractivity contribution in [3.63, 3.8) is 0 Å². The van der Waals surface area contributed by atoms with Crippen LogP contribution >= 0.6 is 0 Å². The molecule has 8 nitrogen and oxygen atoms in total. The lowest BCUT2D eigenvalue weighted by molar-refractivity contribution is 0.0254. The summed E-state index contributed by atoms with van der Waals surface area (Å²) in [6.07, 6.45) is 3.47. The molecule has 0 radical (unpaired) electrons. The Morgan fingerprint density at radius 3 is 2.69 bits per heavy atom. The highest BCUT2D eigenvalue weighted by molar-refractivity contribution is 5.66. The fourth-order valence-electron chi connectivity index (χ4n) is 4.33. The number of nitrogens with one attached hydrogen (secondary N) is 1. The molecular weight excluding hydrogens is 442 g/mol. The minimum absolute atomic E-state index is 0.0792. The lowest BCUT2D eigenvalue weighted by atomic mass is 10.1. The quantitative estimate of drug-likeness (QED) is 0.549. The van der Waals surface area contributed by atoms with E-state index >= 15 is 0 Å². The normalized spacial score (nSPS) is 17.0. The summed E-state index contributed by atoms with van der Waals surface area (Å²) in [5, 5.41) is 13.0. The molecule has 2 fully saturated rings. The molecular formula is C27H29N5O3. The summed E-state index contributed by atoms with van der Waals surface area (Å²) in [7, 11) is 0. The highest BCUT2D eigenvalue weighted by Crippen LogP contribution is 2.28. The lowest BCUT2D eigenvalue weighted by Gasteiger charge is -2.26. The van der Waals surface area contributed by atoms with E-state index in [0.717, 1.165) is 62.6 Å². The molecule has 180 valence electrons. The van der Waals surface area contributed by atoms with Gasteiger partial charge in [-0.05, 0) is 42.0 Å². The summed E-state index contributed by atoms with van der Waals surface area (Å²) in [5.41, 5.74) is 4.24. The van der Waals surface area contributed by atoms with Crippen LogP contribution in [0.4, 0.5) is 11.6 Å². The van der Waals surface area contributed by atoms with Gasteiger partial charge in [0.05, 0.1) is 37.7 Å². The topological polar surface area (TPSA) is 92.5 Å². The lowest BCUT2D eigenvalue weighted by Crippen LogP contribution is -2.35. The van der Waals surface area contributed by atoms with Crippen LogP contribution in [-0.2, 0) is 16.0 Å². The van der Waals surface area contributed by atoms with Crippen LogP contribution in [-0.4, -0.2) is 60.5 Å². The summed E-state index contributed by atoms with van der Waals surface area (Å²) in [6, 6.07) is 18.0. The Bertz CT molecular complexity index is 1180. The molecule has 5 rings (SSSR count). The maximum atomic E-state index is 9.70. The van der Waals surface area contributed by atoms with Gasteiger partial charge in [0, 0.05) is 49.9 Å². The van der Waals surface area contributed by atoms with Crippen LogP contribution in [0.5, 0.6) is 5.75 Å². The van der Waals surface area contributed by atoms with Gasteiger partial charge in [-0.15, -0.1) is 0 Å². The van der Waals surface area contributed by atoms with Gasteiger partial charge in [0.15, 0.2) is 0 Å². The third kappa shape index (κ3) is 6.14. The molecule has 3 aromatic rings. The van der Waals surface area contributed by atoms with Crippen molar-refractivity contribution in [2.75, 3.05) is 44.8 Å². The summed E-state index contributed by atoms with van der Waals surface area (Å²) in [6.45, 7) is 5.75. The van der Waals surface area contributed by atoms with Gasteiger partial charge in [-0.1, -0.05) is 12.1 Å². The van der Waals surface area contributed by atoms with E-state index in [4.69, 9.17) is 14.2 Å². The van der Waals surface area contributed by atoms with Gasteiger partial charge in [0.2, 0.25) is 5.95 Å². The molecule has 2 saturated heterocycles. The zero-order valence-corrected chi connectivity index (χ0v) is 19.7. The molecule has 2 aliphatic rings. The fraction of sp³-hybridized carbons (Fsp3) is 0.370. The molecule has 0 saturated carbocycles. The molecule has 2 aliphatic heterocycles. The SMILES string of the molecule is N#Cc1cc(-c2ccnc(Nc3cccc(CN4CCOCC4)c3)n2)ccc1OC1CCOCC1. The second kappa shape index (κ2) is 11.3. The van der Waals surface area contributed by atoms with E-state index < -0.39 is 0 Å². The molecule has 0 atom stereocenters. The maximum Gasteiger partial charge on any atom is 0.227 e. The molecule has 0 unspecified atom stereocenters. The van der Waals surface area contributed by atoms with Crippen molar-refractivity contribution in [2.24, 2.45) is 0 Å². The Labute approximate surface area is 205 Å². The first-order valence-corrected chi connectivity index (χ1v) is 12.0. The molecule has 0 spiro atoms. The number of hydrogen-bond acceptors (Lipinski definition) is 8. The molecule has 2 aromatic carbocycles. The van der Waals surface area contributed by atoms with Gasteiger partial charge in [-0.3, -0.25) is 4.90 Å². The van der Waals surface area contributed by atoms with E-state index in [9.17, 15) is 5.26 Å². The summed E-state index contributed by atoms with van der Waals surface area (Å²) in [5.74, 6) is 1.11. The van der Waals surface area contributed by atoms with Gasteiger partial charge in [-0.2, -0.15) is 5.26 Å². The highest BCUT2D eigenvalue weighted by atomic mass is 16.5. The number of morpholine rings is 1. The average molecular weight is 472 g/mol. The largest absolute Gasteiger partial charge is 0.489 e. The van der Waals surface area contributed by atoms with Gasteiger partial charge < -0.3 is 19.5 Å². The van der Waals surface area contributed by atoms with Gasteiger partial charge >= 0.3 is 0 Å². The number of anilines is 2. The van der Waals surface area contributed by atoms with Crippen LogP contribution in [0.2, 0.25) is 0 Å². The molecule has 0 aliphatic carbocycles. The van der Waals surface area contributed by atoms with Crippen LogP contribution in [0.25, 0.3) is 11.3 Å². The Kier molecular flexibility index (Phi) is 7.49. The zero-order valence-electron chi connectivity index (χ0n) is 19.7. The smallest absolute Gasteiger partial charge is 0.227 e. The monoisotopic (exact) mass is 471 g/mol. The molecule has 3 heterocycles. The Hall–Kier alpha value is -3.51. The van der Waals surface area contributed by atoms with Crippen LogP contribution in [0.15, 0.2) is 54.7 Å². The number of aromatic nitrogens is 2.